The topological polar surface area (TPSA) is 55.1 Å². The molecule has 0 aliphatic carbocycles. The average molecular weight is 286 g/mol. The molecule has 110 valence electrons. The summed E-state index contributed by atoms with van der Waals surface area (Å²) < 4.78 is 12.8. The zero-order valence-corrected chi connectivity index (χ0v) is 12.0. The summed E-state index contributed by atoms with van der Waals surface area (Å²) in [5.74, 6) is -0.284. The van der Waals surface area contributed by atoms with Crippen LogP contribution in [0.2, 0.25) is 0 Å². The standard InChI is InChI=1S/C17H19FN2O/c1-12(10-13-2-6-15(18)7-3-13)20-17(21)11-14-4-8-16(19)9-5-14/h2-9,12H,10-11,19H2,1H3,(H,20,21). The molecule has 0 heterocycles. The largest absolute Gasteiger partial charge is 0.399 e. The van der Waals surface area contributed by atoms with Crippen molar-refractivity contribution in [1.82, 2.24) is 5.32 Å². The van der Waals surface area contributed by atoms with Gasteiger partial charge in [-0.2, -0.15) is 0 Å². The van der Waals surface area contributed by atoms with Crippen LogP contribution < -0.4 is 11.1 Å². The van der Waals surface area contributed by atoms with E-state index in [2.05, 4.69) is 5.32 Å². The minimum atomic E-state index is -0.251. The normalized spacial score (nSPS) is 11.9. The minimum Gasteiger partial charge on any atom is -0.399 e. The molecule has 0 aromatic heterocycles. The van der Waals surface area contributed by atoms with Gasteiger partial charge in [0.05, 0.1) is 6.42 Å². The fourth-order valence-corrected chi connectivity index (χ4v) is 2.17. The molecule has 3 nitrogen and oxygen atoms in total. The van der Waals surface area contributed by atoms with Gasteiger partial charge in [-0.15, -0.1) is 0 Å². The molecule has 3 N–H and O–H groups in total. The Kier molecular flexibility index (Phi) is 4.93. The molecule has 0 aliphatic heterocycles. The Hall–Kier alpha value is -2.36. The first-order chi connectivity index (χ1) is 10.0. The summed E-state index contributed by atoms with van der Waals surface area (Å²) in [5.41, 5.74) is 8.22. The van der Waals surface area contributed by atoms with Crippen LogP contribution in [0.15, 0.2) is 48.5 Å². The highest BCUT2D eigenvalue weighted by Gasteiger charge is 2.09. The molecular weight excluding hydrogens is 267 g/mol. The molecule has 21 heavy (non-hydrogen) atoms. The van der Waals surface area contributed by atoms with Gasteiger partial charge in [-0.05, 0) is 48.7 Å². The van der Waals surface area contributed by atoms with Crippen LogP contribution in [0.25, 0.3) is 0 Å². The van der Waals surface area contributed by atoms with E-state index in [0.29, 0.717) is 18.5 Å². The molecule has 0 saturated heterocycles. The summed E-state index contributed by atoms with van der Waals surface area (Å²) in [7, 11) is 0. The second kappa shape index (κ2) is 6.88. The van der Waals surface area contributed by atoms with Crippen LogP contribution in [0.5, 0.6) is 0 Å². The van der Waals surface area contributed by atoms with E-state index in [4.69, 9.17) is 5.73 Å². The summed E-state index contributed by atoms with van der Waals surface area (Å²) in [5, 5.41) is 2.94. The first kappa shape index (κ1) is 15.0. The Morgan fingerprint density at radius 1 is 1.10 bits per heavy atom. The molecule has 0 bridgehead atoms. The highest BCUT2D eigenvalue weighted by molar-refractivity contribution is 5.79. The van der Waals surface area contributed by atoms with Crippen LogP contribution in [0.4, 0.5) is 10.1 Å². The van der Waals surface area contributed by atoms with Gasteiger partial charge in [0.1, 0.15) is 5.82 Å². The Morgan fingerprint density at radius 3 is 2.29 bits per heavy atom. The molecule has 0 saturated carbocycles. The maximum atomic E-state index is 12.8. The van der Waals surface area contributed by atoms with E-state index in [9.17, 15) is 9.18 Å². The third kappa shape index (κ3) is 4.91. The maximum absolute atomic E-state index is 12.8. The molecule has 2 rings (SSSR count). The molecule has 0 aliphatic rings. The van der Waals surface area contributed by atoms with Crippen LogP contribution in [0.1, 0.15) is 18.1 Å². The molecule has 2 aromatic carbocycles. The maximum Gasteiger partial charge on any atom is 0.224 e. The van der Waals surface area contributed by atoms with Crippen molar-refractivity contribution in [3.63, 3.8) is 0 Å². The van der Waals surface area contributed by atoms with E-state index in [-0.39, 0.29) is 17.8 Å². The number of amides is 1. The van der Waals surface area contributed by atoms with Gasteiger partial charge in [0.2, 0.25) is 5.91 Å². The van der Waals surface area contributed by atoms with Crippen LogP contribution in [0, 0.1) is 5.82 Å². The Morgan fingerprint density at radius 2 is 1.67 bits per heavy atom. The lowest BCUT2D eigenvalue weighted by Gasteiger charge is -2.14. The van der Waals surface area contributed by atoms with Crippen molar-refractivity contribution >= 4 is 11.6 Å². The molecular formula is C17H19FN2O. The zero-order valence-electron chi connectivity index (χ0n) is 12.0. The average Bonchev–Trinajstić information content (AvgIpc) is 2.44. The molecule has 0 fully saturated rings. The van der Waals surface area contributed by atoms with E-state index in [1.54, 1.807) is 24.3 Å². The smallest absolute Gasteiger partial charge is 0.224 e. The van der Waals surface area contributed by atoms with Crippen LogP contribution in [-0.4, -0.2) is 11.9 Å². The third-order valence-corrected chi connectivity index (χ3v) is 3.21. The number of hydrogen-bond donors (Lipinski definition) is 2. The number of carbonyl (C=O) groups is 1. The van der Waals surface area contributed by atoms with E-state index in [1.807, 2.05) is 19.1 Å². The van der Waals surface area contributed by atoms with Crippen molar-refractivity contribution in [2.45, 2.75) is 25.8 Å². The summed E-state index contributed by atoms with van der Waals surface area (Å²) in [6, 6.07) is 13.6. The predicted octanol–water partition coefficient (Wildman–Crippen LogP) is 2.70. The van der Waals surface area contributed by atoms with Crippen LogP contribution in [0.3, 0.4) is 0 Å². The minimum absolute atomic E-state index is 0.00302. The number of nitrogen functional groups attached to an aromatic ring is 1. The summed E-state index contributed by atoms with van der Waals surface area (Å²) in [6.45, 7) is 1.93. The molecule has 1 atom stereocenters. The van der Waals surface area contributed by atoms with Gasteiger partial charge >= 0.3 is 0 Å². The zero-order chi connectivity index (χ0) is 15.2. The fourth-order valence-electron chi connectivity index (χ4n) is 2.17. The third-order valence-electron chi connectivity index (χ3n) is 3.21. The number of halogens is 1. The van der Waals surface area contributed by atoms with Gasteiger partial charge in [0.25, 0.3) is 0 Å². The fraction of sp³-hybridized carbons (Fsp3) is 0.235. The Bertz CT molecular complexity index is 593. The summed E-state index contributed by atoms with van der Waals surface area (Å²) in [4.78, 5) is 11.9. The number of benzene rings is 2. The molecule has 2 aromatic rings. The van der Waals surface area contributed by atoms with Crippen molar-refractivity contribution < 1.29 is 9.18 Å². The number of anilines is 1. The van der Waals surface area contributed by atoms with Gasteiger partial charge in [-0.1, -0.05) is 24.3 Å². The number of nitrogens with two attached hydrogens (primary N) is 1. The Labute approximate surface area is 124 Å². The molecule has 0 radical (unpaired) electrons. The van der Waals surface area contributed by atoms with Gasteiger partial charge in [-0.3, -0.25) is 4.79 Å². The molecule has 4 heteroatoms. The van der Waals surface area contributed by atoms with Gasteiger partial charge < -0.3 is 11.1 Å². The molecule has 1 amide bonds. The van der Waals surface area contributed by atoms with Gasteiger partial charge in [0.15, 0.2) is 0 Å². The first-order valence-corrected chi connectivity index (χ1v) is 6.91. The SMILES string of the molecule is CC(Cc1ccc(F)cc1)NC(=O)Cc1ccc(N)cc1. The number of hydrogen-bond acceptors (Lipinski definition) is 2. The quantitative estimate of drug-likeness (QED) is 0.830. The number of rotatable bonds is 5. The predicted molar refractivity (Wildman–Crippen MR) is 82.3 cm³/mol. The summed E-state index contributed by atoms with van der Waals surface area (Å²) in [6.07, 6.45) is 1.00. The Balaban J connectivity index is 1.84. The van der Waals surface area contributed by atoms with Crippen LogP contribution >= 0.6 is 0 Å². The van der Waals surface area contributed by atoms with Crippen molar-refractivity contribution in [2.24, 2.45) is 0 Å². The lowest BCUT2D eigenvalue weighted by molar-refractivity contribution is -0.121. The van der Waals surface area contributed by atoms with Crippen molar-refractivity contribution in [3.8, 4) is 0 Å². The van der Waals surface area contributed by atoms with Crippen molar-refractivity contribution in [3.05, 3.63) is 65.5 Å². The lowest BCUT2D eigenvalue weighted by Crippen LogP contribution is -2.35. The lowest BCUT2D eigenvalue weighted by atomic mass is 10.1. The van der Waals surface area contributed by atoms with E-state index in [1.165, 1.54) is 12.1 Å². The molecule has 1 unspecified atom stereocenters. The van der Waals surface area contributed by atoms with Gasteiger partial charge in [-0.25, -0.2) is 4.39 Å². The van der Waals surface area contributed by atoms with E-state index >= 15 is 0 Å². The van der Waals surface area contributed by atoms with E-state index < -0.39 is 0 Å². The number of nitrogens with one attached hydrogen (secondary N) is 1. The number of carbonyl (C=O) groups excluding carboxylic acids is 1. The van der Waals surface area contributed by atoms with Crippen LogP contribution in [-0.2, 0) is 17.6 Å². The first-order valence-electron chi connectivity index (χ1n) is 6.91. The second-order valence-electron chi connectivity index (χ2n) is 5.22. The van der Waals surface area contributed by atoms with E-state index in [0.717, 1.165) is 11.1 Å². The van der Waals surface area contributed by atoms with Gasteiger partial charge in [0, 0.05) is 11.7 Å². The summed E-state index contributed by atoms with van der Waals surface area (Å²) >= 11 is 0. The highest BCUT2D eigenvalue weighted by Crippen LogP contribution is 2.08. The monoisotopic (exact) mass is 286 g/mol. The van der Waals surface area contributed by atoms with Crippen molar-refractivity contribution in [1.29, 1.82) is 0 Å². The second-order valence-corrected chi connectivity index (χ2v) is 5.22. The van der Waals surface area contributed by atoms with Crippen molar-refractivity contribution in [2.75, 3.05) is 5.73 Å². The highest BCUT2D eigenvalue weighted by atomic mass is 19.1. The molecule has 0 spiro atoms.